The molecule has 4 rings (SSSR count). The Labute approximate surface area is 198 Å². The number of hydrogen-bond donors (Lipinski definition) is 1. The van der Waals surface area contributed by atoms with E-state index in [9.17, 15) is 4.79 Å². The lowest BCUT2D eigenvalue weighted by Gasteiger charge is -2.38. The number of aromatic nitrogens is 4. The highest BCUT2D eigenvalue weighted by molar-refractivity contribution is 7.97. The number of hydrogen-bond acceptors (Lipinski definition) is 7. The number of nitrogens with zero attached hydrogens (tertiary/aromatic N) is 4. The molecule has 9 heteroatoms. The van der Waals surface area contributed by atoms with E-state index < -0.39 is 0 Å². The Balaban J connectivity index is 1.61. The quantitative estimate of drug-likeness (QED) is 0.334. The lowest BCUT2D eigenvalue weighted by Crippen LogP contribution is -2.41. The number of nitrogens with one attached hydrogen (secondary N) is 1. The van der Waals surface area contributed by atoms with Crippen LogP contribution in [0, 0.1) is 5.92 Å². The van der Waals surface area contributed by atoms with Gasteiger partial charge in [0.25, 0.3) is 5.56 Å². The Kier molecular flexibility index (Phi) is 7.72. The van der Waals surface area contributed by atoms with Crippen molar-refractivity contribution in [3.8, 4) is 17.1 Å². The maximum absolute atomic E-state index is 12.9. The van der Waals surface area contributed by atoms with E-state index in [0.29, 0.717) is 29.2 Å². The summed E-state index contributed by atoms with van der Waals surface area (Å²) in [5.74, 6) is 1.97. The Morgan fingerprint density at radius 2 is 2.09 bits per heavy atom. The normalized spacial score (nSPS) is 14.7. The number of aryl methyl sites for hydroxylation is 2. The third-order valence-electron chi connectivity index (χ3n) is 5.87. The molecule has 1 aliphatic rings. The van der Waals surface area contributed by atoms with Crippen LogP contribution in [0.3, 0.4) is 0 Å². The minimum atomic E-state index is -0.186. The van der Waals surface area contributed by atoms with E-state index in [-0.39, 0.29) is 5.56 Å². The summed E-state index contributed by atoms with van der Waals surface area (Å²) in [5, 5.41) is 4.53. The van der Waals surface area contributed by atoms with Gasteiger partial charge in [-0.1, -0.05) is 13.3 Å². The zero-order valence-electron chi connectivity index (χ0n) is 19.9. The van der Waals surface area contributed by atoms with Gasteiger partial charge in [0.05, 0.1) is 17.9 Å². The highest BCUT2D eigenvalue weighted by Crippen LogP contribution is 2.37. The van der Waals surface area contributed by atoms with E-state index in [1.165, 1.54) is 6.42 Å². The fraction of sp³-hybridized carbons (Fsp3) is 0.542. The smallest absolute Gasteiger partial charge is 0.277 e. The summed E-state index contributed by atoms with van der Waals surface area (Å²) in [6.45, 7) is 7.58. The second kappa shape index (κ2) is 10.7. The Bertz CT molecular complexity index is 1150. The van der Waals surface area contributed by atoms with Crippen LogP contribution >= 0.6 is 11.9 Å². The molecule has 33 heavy (non-hydrogen) atoms. The van der Waals surface area contributed by atoms with Crippen molar-refractivity contribution in [2.45, 2.75) is 44.4 Å². The molecule has 0 aliphatic carbocycles. The Morgan fingerprint density at radius 1 is 1.27 bits per heavy atom. The van der Waals surface area contributed by atoms with Crippen molar-refractivity contribution >= 4 is 23.0 Å². The van der Waals surface area contributed by atoms with Crippen molar-refractivity contribution in [1.29, 1.82) is 0 Å². The van der Waals surface area contributed by atoms with Crippen LogP contribution in [0.4, 0.5) is 0 Å². The molecule has 1 aromatic carbocycles. The molecule has 0 atom stereocenters. The molecule has 0 radical (unpaired) electrons. The summed E-state index contributed by atoms with van der Waals surface area (Å²) in [6, 6.07) is 6.10. The lowest BCUT2D eigenvalue weighted by atomic mass is 9.98. The first-order chi connectivity index (χ1) is 16.0. The van der Waals surface area contributed by atoms with Gasteiger partial charge in [0, 0.05) is 38.7 Å². The molecule has 0 spiro atoms. The molecular formula is C24H33N5O3S. The lowest BCUT2D eigenvalue weighted by molar-refractivity contribution is 0.158. The highest BCUT2D eigenvalue weighted by Gasteiger charge is 2.27. The first-order valence-electron chi connectivity index (χ1n) is 11.7. The summed E-state index contributed by atoms with van der Waals surface area (Å²) >= 11 is 1.74. The number of H-pyrrole nitrogens is 1. The number of fused-ring (bicyclic) bond motifs is 1. The van der Waals surface area contributed by atoms with Crippen LogP contribution in [0.15, 0.2) is 27.9 Å². The SMILES string of the molecule is CCCc1nn(C)c2c(=O)[nH]c(-c3cc(SN4CC(CCCOC)C4)ccc3OCC)nc12. The van der Waals surface area contributed by atoms with Gasteiger partial charge < -0.3 is 14.5 Å². The molecule has 0 amide bonds. The van der Waals surface area contributed by atoms with Crippen LogP contribution in [0.25, 0.3) is 22.4 Å². The van der Waals surface area contributed by atoms with Gasteiger partial charge in [0.1, 0.15) is 17.1 Å². The molecule has 3 aromatic rings. The van der Waals surface area contributed by atoms with E-state index in [0.717, 1.165) is 61.0 Å². The molecule has 0 saturated carbocycles. The average Bonchev–Trinajstić information content (AvgIpc) is 3.09. The van der Waals surface area contributed by atoms with Gasteiger partial charge in [0.2, 0.25) is 0 Å². The predicted molar refractivity (Wildman–Crippen MR) is 132 cm³/mol. The van der Waals surface area contributed by atoms with Gasteiger partial charge >= 0.3 is 0 Å². The zero-order chi connectivity index (χ0) is 23.4. The molecule has 1 N–H and O–H groups in total. The zero-order valence-corrected chi connectivity index (χ0v) is 20.7. The van der Waals surface area contributed by atoms with Crippen LogP contribution in [0.5, 0.6) is 5.75 Å². The number of benzene rings is 1. The van der Waals surface area contributed by atoms with Gasteiger partial charge in [0.15, 0.2) is 5.52 Å². The van der Waals surface area contributed by atoms with Crippen molar-refractivity contribution in [1.82, 2.24) is 24.1 Å². The largest absolute Gasteiger partial charge is 0.493 e. The molecule has 178 valence electrons. The van der Waals surface area contributed by atoms with Crippen molar-refractivity contribution in [3.05, 3.63) is 34.2 Å². The van der Waals surface area contributed by atoms with Crippen molar-refractivity contribution in [2.24, 2.45) is 13.0 Å². The van der Waals surface area contributed by atoms with E-state index in [2.05, 4.69) is 33.4 Å². The molecule has 2 aromatic heterocycles. The van der Waals surface area contributed by atoms with Gasteiger partial charge in [-0.15, -0.1) is 0 Å². The summed E-state index contributed by atoms with van der Waals surface area (Å²) in [5.41, 5.74) is 2.63. The number of rotatable bonds is 11. The van der Waals surface area contributed by atoms with Crippen LogP contribution in [-0.2, 0) is 18.2 Å². The summed E-state index contributed by atoms with van der Waals surface area (Å²) in [6.07, 6.45) is 4.04. The molecule has 1 fully saturated rings. The third kappa shape index (κ3) is 5.26. The standard InChI is InChI=1S/C24H33N5O3S/c1-5-8-19-21-22(28(3)27-19)24(30)26-23(25-21)18-13-17(10-11-20(18)32-6-2)33-29-14-16(15-29)9-7-12-31-4/h10-11,13,16H,5-9,12,14-15H2,1-4H3,(H,25,26,30). The molecule has 1 aliphatic heterocycles. The summed E-state index contributed by atoms with van der Waals surface area (Å²) in [7, 11) is 3.54. The van der Waals surface area contributed by atoms with Crippen molar-refractivity contribution < 1.29 is 9.47 Å². The Hall–Kier alpha value is -2.36. The second-order valence-electron chi connectivity index (χ2n) is 8.46. The molecule has 1 saturated heterocycles. The third-order valence-corrected chi connectivity index (χ3v) is 6.90. The fourth-order valence-electron chi connectivity index (χ4n) is 4.26. The molecule has 3 heterocycles. The van der Waals surface area contributed by atoms with E-state index in [1.54, 1.807) is 30.8 Å². The van der Waals surface area contributed by atoms with Gasteiger partial charge in [-0.05, 0) is 62.3 Å². The molecule has 8 nitrogen and oxygen atoms in total. The number of ether oxygens (including phenoxy) is 2. The van der Waals surface area contributed by atoms with Crippen molar-refractivity contribution in [2.75, 3.05) is 33.4 Å². The molecule has 0 bridgehead atoms. The predicted octanol–water partition coefficient (Wildman–Crippen LogP) is 4.04. The fourth-order valence-corrected chi connectivity index (χ4v) is 5.43. The topological polar surface area (TPSA) is 85.3 Å². The maximum Gasteiger partial charge on any atom is 0.277 e. The minimum absolute atomic E-state index is 0.186. The summed E-state index contributed by atoms with van der Waals surface area (Å²) < 4.78 is 15.0. The van der Waals surface area contributed by atoms with Crippen LogP contribution in [0.2, 0.25) is 0 Å². The van der Waals surface area contributed by atoms with Crippen LogP contribution < -0.4 is 10.3 Å². The van der Waals surface area contributed by atoms with E-state index in [1.807, 2.05) is 13.0 Å². The van der Waals surface area contributed by atoms with Gasteiger partial charge in [-0.2, -0.15) is 5.10 Å². The second-order valence-corrected chi connectivity index (χ2v) is 9.63. The maximum atomic E-state index is 12.9. The first kappa shape index (κ1) is 23.8. The van der Waals surface area contributed by atoms with E-state index in [4.69, 9.17) is 14.5 Å². The van der Waals surface area contributed by atoms with Gasteiger partial charge in [-0.25, -0.2) is 9.29 Å². The van der Waals surface area contributed by atoms with Crippen molar-refractivity contribution in [3.63, 3.8) is 0 Å². The highest BCUT2D eigenvalue weighted by atomic mass is 32.2. The molecular weight excluding hydrogens is 438 g/mol. The number of methoxy groups -OCH3 is 1. The Morgan fingerprint density at radius 3 is 2.82 bits per heavy atom. The summed E-state index contributed by atoms with van der Waals surface area (Å²) in [4.78, 5) is 21.8. The average molecular weight is 472 g/mol. The first-order valence-corrected chi connectivity index (χ1v) is 12.5. The van der Waals surface area contributed by atoms with Crippen LogP contribution in [0.1, 0.15) is 38.8 Å². The van der Waals surface area contributed by atoms with Gasteiger partial charge in [-0.3, -0.25) is 9.48 Å². The van der Waals surface area contributed by atoms with Crippen LogP contribution in [-0.4, -0.2) is 57.5 Å². The number of aromatic amines is 1. The molecule has 0 unspecified atom stereocenters. The minimum Gasteiger partial charge on any atom is -0.493 e. The van der Waals surface area contributed by atoms with E-state index >= 15 is 0 Å². The monoisotopic (exact) mass is 471 g/mol.